The third-order valence-corrected chi connectivity index (χ3v) is 6.33. The molecule has 3 rings (SSSR count). The van der Waals surface area contributed by atoms with Crippen molar-refractivity contribution in [2.24, 2.45) is 5.92 Å². The summed E-state index contributed by atoms with van der Waals surface area (Å²) in [6, 6.07) is 15.2. The first-order chi connectivity index (χ1) is 12.9. The van der Waals surface area contributed by atoms with Crippen LogP contribution in [0.5, 0.6) is 0 Å². The minimum atomic E-state index is -0.734. The van der Waals surface area contributed by atoms with Crippen LogP contribution in [-0.4, -0.2) is 18.0 Å². The van der Waals surface area contributed by atoms with Crippen molar-refractivity contribution in [3.8, 4) is 6.07 Å². The molecule has 0 aliphatic heterocycles. The van der Waals surface area contributed by atoms with Crippen LogP contribution in [0.25, 0.3) is 0 Å². The molecule has 2 atom stereocenters. The van der Waals surface area contributed by atoms with Crippen LogP contribution in [0.4, 0.5) is 0 Å². The number of nitrogens with zero attached hydrogens (tertiary/aromatic N) is 1. The molecular formula is C22H28N3OS+. The average molecular weight is 383 g/mol. The van der Waals surface area contributed by atoms with Crippen LogP contribution in [0.15, 0.2) is 41.8 Å². The number of hydrogen-bond acceptors (Lipinski definition) is 3. The van der Waals surface area contributed by atoms with Gasteiger partial charge in [-0.2, -0.15) is 5.26 Å². The zero-order chi connectivity index (χ0) is 19.4. The number of carbonyl (C=O) groups excluding carboxylic acids is 1. The third-order valence-electron chi connectivity index (χ3n) is 5.38. The summed E-state index contributed by atoms with van der Waals surface area (Å²) < 4.78 is 0. The molecule has 0 unspecified atom stereocenters. The first-order valence-corrected chi connectivity index (χ1v) is 10.5. The van der Waals surface area contributed by atoms with Gasteiger partial charge in [0.15, 0.2) is 6.54 Å². The van der Waals surface area contributed by atoms with Crippen LogP contribution in [0.2, 0.25) is 0 Å². The van der Waals surface area contributed by atoms with E-state index in [1.54, 1.807) is 11.3 Å². The number of nitrogens with two attached hydrogens (primary N) is 1. The number of carbonyl (C=O) groups is 1. The van der Waals surface area contributed by atoms with Crippen molar-refractivity contribution in [1.82, 2.24) is 5.32 Å². The van der Waals surface area contributed by atoms with Gasteiger partial charge in [-0.25, -0.2) is 0 Å². The molecule has 1 fully saturated rings. The van der Waals surface area contributed by atoms with Gasteiger partial charge < -0.3 is 10.6 Å². The fourth-order valence-corrected chi connectivity index (χ4v) is 4.27. The van der Waals surface area contributed by atoms with E-state index in [-0.39, 0.29) is 11.9 Å². The number of quaternary nitrogens is 1. The van der Waals surface area contributed by atoms with E-state index in [2.05, 4.69) is 66.3 Å². The Kier molecular flexibility index (Phi) is 5.98. The average Bonchev–Trinajstić information content (AvgIpc) is 3.39. The maximum Gasteiger partial charge on any atom is 0.276 e. The van der Waals surface area contributed by atoms with Crippen molar-refractivity contribution in [3.63, 3.8) is 0 Å². The summed E-state index contributed by atoms with van der Waals surface area (Å²) in [5, 5.41) is 16.5. The number of nitriles is 1. The van der Waals surface area contributed by atoms with E-state index in [4.69, 9.17) is 0 Å². The number of rotatable bonds is 8. The second-order valence-electron chi connectivity index (χ2n) is 7.89. The summed E-state index contributed by atoms with van der Waals surface area (Å²) in [5.74, 6) is 0.717. The molecule has 0 spiro atoms. The van der Waals surface area contributed by atoms with Crippen LogP contribution in [0.1, 0.15) is 61.6 Å². The normalized spacial score (nSPS) is 17.1. The van der Waals surface area contributed by atoms with E-state index in [0.29, 0.717) is 18.4 Å². The fraction of sp³-hybridized carbons (Fsp3) is 0.455. The van der Waals surface area contributed by atoms with Gasteiger partial charge in [0.1, 0.15) is 11.6 Å². The Morgan fingerprint density at radius 3 is 2.48 bits per heavy atom. The lowest BCUT2D eigenvalue weighted by molar-refractivity contribution is -0.676. The highest BCUT2D eigenvalue weighted by molar-refractivity contribution is 7.10. The Hall–Kier alpha value is -2.16. The second-order valence-corrected chi connectivity index (χ2v) is 8.87. The topological polar surface area (TPSA) is 69.5 Å². The van der Waals surface area contributed by atoms with E-state index in [1.165, 1.54) is 16.0 Å². The molecule has 1 aliphatic rings. The SMILES string of the molecule is CC(C)c1ccc([C@H]([NH2+]CC(=O)N[C@](C)(C#N)C2CC2)c2cccs2)cc1. The minimum Gasteiger partial charge on any atom is -0.333 e. The van der Waals surface area contributed by atoms with Crippen molar-refractivity contribution < 1.29 is 10.1 Å². The van der Waals surface area contributed by atoms with Crippen molar-refractivity contribution in [3.05, 3.63) is 57.8 Å². The molecular weight excluding hydrogens is 354 g/mol. The summed E-state index contributed by atoms with van der Waals surface area (Å²) >= 11 is 1.71. The first-order valence-electron chi connectivity index (χ1n) is 9.62. The highest BCUT2D eigenvalue weighted by Crippen LogP contribution is 2.39. The Bertz CT molecular complexity index is 803. The minimum absolute atomic E-state index is 0.0775. The first kappa shape index (κ1) is 19.6. The molecule has 2 aromatic rings. The standard InChI is InChI=1S/C22H27N3OS/c1-15(2)16-6-8-17(9-7-16)21(19-5-4-12-27-19)24-13-20(26)25-22(3,14-23)18-10-11-18/h4-9,12,15,18,21,24H,10-11,13H2,1-3H3,(H,25,26)/p+1/t21-,22+/m0/s1. The van der Waals surface area contributed by atoms with Crippen LogP contribution >= 0.6 is 11.3 Å². The molecule has 0 bridgehead atoms. The molecule has 1 aromatic heterocycles. The largest absolute Gasteiger partial charge is 0.333 e. The van der Waals surface area contributed by atoms with Gasteiger partial charge in [-0.15, -0.1) is 11.3 Å². The van der Waals surface area contributed by atoms with Gasteiger partial charge >= 0.3 is 0 Å². The molecule has 4 nitrogen and oxygen atoms in total. The molecule has 1 heterocycles. The van der Waals surface area contributed by atoms with Crippen molar-refractivity contribution >= 4 is 17.2 Å². The zero-order valence-electron chi connectivity index (χ0n) is 16.2. The molecule has 0 radical (unpaired) electrons. The molecule has 1 amide bonds. The monoisotopic (exact) mass is 382 g/mol. The quantitative estimate of drug-likeness (QED) is 0.735. The number of thiophene rings is 1. The molecule has 0 saturated heterocycles. The van der Waals surface area contributed by atoms with Gasteiger partial charge in [0.2, 0.25) is 0 Å². The van der Waals surface area contributed by atoms with Gasteiger partial charge in [0.25, 0.3) is 5.91 Å². The lowest BCUT2D eigenvalue weighted by Gasteiger charge is -2.23. The third kappa shape index (κ3) is 4.77. The van der Waals surface area contributed by atoms with Crippen LogP contribution in [0, 0.1) is 17.2 Å². The van der Waals surface area contributed by atoms with Crippen LogP contribution in [-0.2, 0) is 4.79 Å². The summed E-state index contributed by atoms with van der Waals surface area (Å²) in [5.41, 5.74) is 1.78. The Morgan fingerprint density at radius 1 is 1.30 bits per heavy atom. The number of hydrogen-bond donors (Lipinski definition) is 2. The highest BCUT2D eigenvalue weighted by atomic mass is 32.1. The van der Waals surface area contributed by atoms with Crippen LogP contribution in [0.3, 0.4) is 0 Å². The predicted octanol–water partition coefficient (Wildman–Crippen LogP) is 3.33. The summed E-state index contributed by atoms with van der Waals surface area (Å²) in [4.78, 5) is 13.7. The van der Waals surface area contributed by atoms with E-state index in [1.807, 2.05) is 13.0 Å². The second kappa shape index (κ2) is 8.24. The van der Waals surface area contributed by atoms with Gasteiger partial charge in [0.05, 0.1) is 10.9 Å². The van der Waals surface area contributed by atoms with Crippen molar-refractivity contribution in [2.45, 2.75) is 51.1 Å². The zero-order valence-corrected chi connectivity index (χ0v) is 17.1. The van der Waals surface area contributed by atoms with Gasteiger partial charge in [0, 0.05) is 5.56 Å². The summed E-state index contributed by atoms with van der Waals surface area (Å²) in [6.45, 7) is 6.52. The summed E-state index contributed by atoms with van der Waals surface area (Å²) in [7, 11) is 0. The molecule has 1 saturated carbocycles. The molecule has 5 heteroatoms. The van der Waals surface area contributed by atoms with Gasteiger partial charge in [-0.1, -0.05) is 44.2 Å². The highest BCUT2D eigenvalue weighted by Gasteiger charge is 2.43. The lowest BCUT2D eigenvalue weighted by Crippen LogP contribution is -2.88. The van der Waals surface area contributed by atoms with Crippen molar-refractivity contribution in [2.75, 3.05) is 6.54 Å². The predicted molar refractivity (Wildman–Crippen MR) is 108 cm³/mol. The molecule has 1 aromatic carbocycles. The lowest BCUT2D eigenvalue weighted by atomic mass is 9.97. The van der Waals surface area contributed by atoms with Crippen LogP contribution < -0.4 is 10.6 Å². The smallest absolute Gasteiger partial charge is 0.276 e. The number of nitrogens with one attached hydrogen (secondary N) is 1. The van der Waals surface area contributed by atoms with E-state index < -0.39 is 5.54 Å². The van der Waals surface area contributed by atoms with E-state index >= 15 is 0 Å². The number of benzene rings is 1. The van der Waals surface area contributed by atoms with Crippen molar-refractivity contribution in [1.29, 1.82) is 5.26 Å². The van der Waals surface area contributed by atoms with E-state index in [0.717, 1.165) is 12.8 Å². The maximum absolute atomic E-state index is 12.5. The Morgan fingerprint density at radius 2 is 1.96 bits per heavy atom. The molecule has 1 aliphatic carbocycles. The Labute approximate surface area is 165 Å². The fourth-order valence-electron chi connectivity index (χ4n) is 3.42. The molecule has 3 N–H and O–H groups in total. The summed E-state index contributed by atoms with van der Waals surface area (Å²) in [6.07, 6.45) is 2.04. The van der Waals surface area contributed by atoms with E-state index in [9.17, 15) is 10.1 Å². The van der Waals surface area contributed by atoms with Gasteiger partial charge in [-0.3, -0.25) is 4.79 Å². The number of amides is 1. The molecule has 142 valence electrons. The maximum atomic E-state index is 12.5. The Balaban J connectivity index is 1.69. The van der Waals surface area contributed by atoms with Gasteiger partial charge in [-0.05, 0) is 48.6 Å². The molecule has 27 heavy (non-hydrogen) atoms.